The zero-order chi connectivity index (χ0) is 11.6. The number of alkyl halides is 2. The van der Waals surface area contributed by atoms with Gasteiger partial charge in [0.2, 0.25) is 0 Å². The van der Waals surface area contributed by atoms with Gasteiger partial charge in [-0.25, -0.2) is 4.79 Å². The molecule has 82 valence electrons. The van der Waals surface area contributed by atoms with Gasteiger partial charge in [0.1, 0.15) is 5.69 Å². The van der Waals surface area contributed by atoms with E-state index in [9.17, 15) is 13.6 Å². The molecule has 0 atom stereocenters. The lowest BCUT2D eigenvalue weighted by Gasteiger charge is -2.11. The SMILES string of the molecule is COC(=O)c1ccc(C(C)(F)F)nc1C. The normalized spacial score (nSPS) is 11.3. The first-order valence-corrected chi connectivity index (χ1v) is 4.30. The van der Waals surface area contributed by atoms with Crippen molar-refractivity contribution in [3.05, 3.63) is 29.1 Å². The van der Waals surface area contributed by atoms with Gasteiger partial charge in [-0.05, 0) is 19.1 Å². The third kappa shape index (κ3) is 2.49. The van der Waals surface area contributed by atoms with Crippen molar-refractivity contribution in [3.8, 4) is 0 Å². The lowest BCUT2D eigenvalue weighted by molar-refractivity contribution is 0.0125. The van der Waals surface area contributed by atoms with E-state index in [1.807, 2.05) is 0 Å². The third-order valence-corrected chi connectivity index (χ3v) is 1.94. The molecular weight excluding hydrogens is 204 g/mol. The van der Waals surface area contributed by atoms with Gasteiger partial charge in [0.25, 0.3) is 5.92 Å². The van der Waals surface area contributed by atoms with Crippen molar-refractivity contribution in [2.45, 2.75) is 19.8 Å². The summed E-state index contributed by atoms with van der Waals surface area (Å²) in [6.45, 7) is 2.24. The highest BCUT2D eigenvalue weighted by Gasteiger charge is 2.27. The van der Waals surface area contributed by atoms with Gasteiger partial charge in [-0.3, -0.25) is 4.98 Å². The number of esters is 1. The minimum atomic E-state index is -3.00. The Kier molecular flexibility index (Phi) is 3.02. The first-order chi connectivity index (χ1) is 6.86. The summed E-state index contributed by atoms with van der Waals surface area (Å²) in [4.78, 5) is 14.8. The number of hydrogen-bond acceptors (Lipinski definition) is 3. The maximum atomic E-state index is 12.9. The molecule has 0 aliphatic carbocycles. The Morgan fingerprint density at radius 1 is 1.47 bits per heavy atom. The minimum Gasteiger partial charge on any atom is -0.465 e. The van der Waals surface area contributed by atoms with E-state index in [4.69, 9.17) is 0 Å². The van der Waals surface area contributed by atoms with Crippen molar-refractivity contribution in [1.82, 2.24) is 4.98 Å². The molecule has 0 aliphatic rings. The zero-order valence-electron chi connectivity index (χ0n) is 8.67. The number of hydrogen-bond donors (Lipinski definition) is 0. The Morgan fingerprint density at radius 3 is 2.47 bits per heavy atom. The second kappa shape index (κ2) is 3.92. The van der Waals surface area contributed by atoms with Gasteiger partial charge in [0.15, 0.2) is 0 Å². The van der Waals surface area contributed by atoms with E-state index in [-0.39, 0.29) is 17.0 Å². The maximum absolute atomic E-state index is 12.9. The van der Waals surface area contributed by atoms with Crippen molar-refractivity contribution >= 4 is 5.97 Å². The molecule has 1 aromatic heterocycles. The fourth-order valence-corrected chi connectivity index (χ4v) is 1.13. The minimum absolute atomic E-state index is 0.200. The molecule has 0 N–H and O–H groups in total. The summed E-state index contributed by atoms with van der Waals surface area (Å²) in [5, 5.41) is 0. The summed E-state index contributed by atoms with van der Waals surface area (Å²) < 4.78 is 30.2. The number of carbonyl (C=O) groups excluding carboxylic acids is 1. The van der Waals surface area contributed by atoms with Crippen molar-refractivity contribution in [2.24, 2.45) is 0 Å². The molecule has 5 heteroatoms. The Balaban J connectivity index is 3.15. The van der Waals surface area contributed by atoms with Crippen LogP contribution in [-0.2, 0) is 10.7 Å². The number of nitrogens with zero attached hydrogens (tertiary/aromatic N) is 1. The fraction of sp³-hybridized carbons (Fsp3) is 0.400. The molecule has 0 amide bonds. The molecule has 0 spiro atoms. The number of aromatic nitrogens is 1. The lowest BCUT2D eigenvalue weighted by atomic mass is 10.1. The van der Waals surface area contributed by atoms with Gasteiger partial charge >= 0.3 is 5.97 Å². The first-order valence-electron chi connectivity index (χ1n) is 4.30. The highest BCUT2D eigenvalue weighted by Crippen LogP contribution is 2.25. The van der Waals surface area contributed by atoms with E-state index in [0.717, 1.165) is 13.0 Å². The van der Waals surface area contributed by atoms with Gasteiger partial charge in [-0.2, -0.15) is 8.78 Å². The molecule has 0 radical (unpaired) electrons. The van der Waals surface area contributed by atoms with E-state index in [2.05, 4.69) is 9.72 Å². The van der Waals surface area contributed by atoms with Crippen molar-refractivity contribution in [3.63, 3.8) is 0 Å². The smallest absolute Gasteiger partial charge is 0.339 e. The van der Waals surface area contributed by atoms with Gasteiger partial charge in [-0.15, -0.1) is 0 Å². The van der Waals surface area contributed by atoms with Crippen molar-refractivity contribution in [2.75, 3.05) is 7.11 Å². The number of aryl methyl sites for hydroxylation is 1. The molecule has 0 saturated carbocycles. The molecule has 0 fully saturated rings. The Labute approximate surface area is 86.1 Å². The topological polar surface area (TPSA) is 39.2 Å². The van der Waals surface area contributed by atoms with Crippen LogP contribution in [0.1, 0.15) is 28.7 Å². The summed E-state index contributed by atoms with van der Waals surface area (Å²) in [5.41, 5.74) is 0.0824. The summed E-state index contributed by atoms with van der Waals surface area (Å²) in [7, 11) is 1.23. The van der Waals surface area contributed by atoms with Crippen LogP contribution in [0.15, 0.2) is 12.1 Å². The quantitative estimate of drug-likeness (QED) is 0.710. The number of ether oxygens (including phenoxy) is 1. The van der Waals surface area contributed by atoms with Crippen LogP contribution in [0.4, 0.5) is 8.78 Å². The van der Waals surface area contributed by atoms with Crippen LogP contribution in [0.25, 0.3) is 0 Å². The van der Waals surface area contributed by atoms with Crippen LogP contribution in [0.5, 0.6) is 0 Å². The first kappa shape index (κ1) is 11.6. The molecule has 1 rings (SSSR count). The van der Waals surface area contributed by atoms with Gasteiger partial charge < -0.3 is 4.74 Å². The highest BCUT2D eigenvalue weighted by molar-refractivity contribution is 5.90. The van der Waals surface area contributed by atoms with Gasteiger partial charge in [0.05, 0.1) is 18.4 Å². The highest BCUT2D eigenvalue weighted by atomic mass is 19.3. The van der Waals surface area contributed by atoms with E-state index < -0.39 is 11.9 Å². The van der Waals surface area contributed by atoms with Crippen LogP contribution in [0.3, 0.4) is 0 Å². The number of rotatable bonds is 2. The Morgan fingerprint density at radius 2 is 2.07 bits per heavy atom. The predicted octanol–water partition coefficient (Wildman–Crippen LogP) is 2.29. The Hall–Kier alpha value is -1.52. The van der Waals surface area contributed by atoms with Crippen molar-refractivity contribution < 1.29 is 18.3 Å². The number of carbonyl (C=O) groups is 1. The number of methoxy groups -OCH3 is 1. The predicted molar refractivity (Wildman–Crippen MR) is 49.9 cm³/mol. The molecular formula is C10H11F2NO2. The molecule has 1 aromatic rings. The molecule has 0 unspecified atom stereocenters. The molecule has 1 heterocycles. The molecule has 3 nitrogen and oxygen atoms in total. The summed E-state index contributed by atoms with van der Waals surface area (Å²) in [6.07, 6.45) is 0. The standard InChI is InChI=1S/C10H11F2NO2/c1-6-7(9(14)15-3)4-5-8(13-6)10(2,11)12/h4-5H,1-3H3. The molecule has 0 aliphatic heterocycles. The number of pyridine rings is 1. The molecule has 0 aromatic carbocycles. The van der Waals surface area contributed by atoms with E-state index in [1.165, 1.54) is 20.1 Å². The summed E-state index contributed by atoms with van der Waals surface area (Å²) in [5.74, 6) is -3.58. The van der Waals surface area contributed by atoms with E-state index in [0.29, 0.717) is 0 Å². The maximum Gasteiger partial charge on any atom is 0.339 e. The van der Waals surface area contributed by atoms with Crippen molar-refractivity contribution in [1.29, 1.82) is 0 Å². The van der Waals surface area contributed by atoms with Crippen LogP contribution in [0.2, 0.25) is 0 Å². The van der Waals surface area contributed by atoms with E-state index in [1.54, 1.807) is 0 Å². The third-order valence-electron chi connectivity index (χ3n) is 1.94. The molecule has 0 saturated heterocycles. The molecule has 0 bridgehead atoms. The monoisotopic (exact) mass is 215 g/mol. The van der Waals surface area contributed by atoms with Crippen LogP contribution in [0, 0.1) is 6.92 Å². The van der Waals surface area contributed by atoms with E-state index >= 15 is 0 Å². The average molecular weight is 215 g/mol. The largest absolute Gasteiger partial charge is 0.465 e. The van der Waals surface area contributed by atoms with Crippen LogP contribution in [-0.4, -0.2) is 18.1 Å². The second-order valence-electron chi connectivity index (χ2n) is 3.21. The summed E-state index contributed by atoms with van der Waals surface area (Å²) in [6, 6.07) is 2.42. The zero-order valence-corrected chi connectivity index (χ0v) is 8.67. The van der Waals surface area contributed by atoms with Gasteiger partial charge in [0, 0.05) is 6.92 Å². The van der Waals surface area contributed by atoms with Crippen LogP contribution >= 0.6 is 0 Å². The second-order valence-corrected chi connectivity index (χ2v) is 3.21. The molecule has 15 heavy (non-hydrogen) atoms. The van der Waals surface area contributed by atoms with Gasteiger partial charge in [-0.1, -0.05) is 0 Å². The fourth-order valence-electron chi connectivity index (χ4n) is 1.13. The number of halogens is 2. The lowest BCUT2D eigenvalue weighted by Crippen LogP contribution is -2.13. The average Bonchev–Trinajstić information content (AvgIpc) is 2.15. The summed E-state index contributed by atoms with van der Waals surface area (Å²) >= 11 is 0. The Bertz CT molecular complexity index is 385. The van der Waals surface area contributed by atoms with Crippen LogP contribution < -0.4 is 0 Å².